The number of thiocarbonyl (C=S) groups is 1. The second-order valence-electron chi connectivity index (χ2n) is 4.69. The van der Waals surface area contributed by atoms with E-state index in [-0.39, 0.29) is 21.6 Å². The van der Waals surface area contributed by atoms with Gasteiger partial charge >= 0.3 is 6.18 Å². The predicted octanol–water partition coefficient (Wildman–Crippen LogP) is 4.11. The minimum Gasteiger partial charge on any atom is -0.392 e. The lowest BCUT2D eigenvalue weighted by atomic mass is 9.86. The number of amides is 1. The van der Waals surface area contributed by atoms with E-state index in [2.05, 4.69) is 21.2 Å². The van der Waals surface area contributed by atoms with Crippen LogP contribution in [0.25, 0.3) is 0 Å². The van der Waals surface area contributed by atoms with Crippen molar-refractivity contribution in [3.8, 4) is 0 Å². The van der Waals surface area contributed by atoms with Crippen LogP contribution in [0.3, 0.4) is 0 Å². The molecule has 8 heteroatoms. The zero-order chi connectivity index (χ0) is 16.4. The van der Waals surface area contributed by atoms with Crippen molar-refractivity contribution in [3.63, 3.8) is 0 Å². The van der Waals surface area contributed by atoms with E-state index in [0.29, 0.717) is 0 Å². The first-order valence-electron chi connectivity index (χ1n) is 6.00. The van der Waals surface area contributed by atoms with Crippen molar-refractivity contribution in [2.75, 3.05) is 5.32 Å². The quantitative estimate of drug-likeness (QED) is 0.770. The van der Waals surface area contributed by atoms with Gasteiger partial charge in [-0.3, -0.25) is 4.79 Å². The molecule has 1 amide bonds. The molecule has 0 heterocycles. The molecule has 1 atom stereocenters. The molecule has 116 valence electrons. The second-order valence-corrected chi connectivity index (χ2v) is 6.05. The molecule has 0 fully saturated rings. The lowest BCUT2D eigenvalue weighted by Crippen LogP contribution is -2.43. The van der Waals surface area contributed by atoms with Gasteiger partial charge in [-0.1, -0.05) is 35.1 Å². The van der Waals surface area contributed by atoms with Gasteiger partial charge < -0.3 is 11.1 Å². The first kappa shape index (κ1) is 17.9. The van der Waals surface area contributed by atoms with Crippen LogP contribution in [0, 0.1) is 5.41 Å². The molecular weight excluding hydrogens is 369 g/mol. The molecule has 21 heavy (non-hydrogen) atoms. The van der Waals surface area contributed by atoms with Crippen LogP contribution in [-0.2, 0) is 11.0 Å². The van der Waals surface area contributed by atoms with Gasteiger partial charge in [0.1, 0.15) is 0 Å². The third kappa shape index (κ3) is 3.94. The number of rotatable bonds is 4. The van der Waals surface area contributed by atoms with Gasteiger partial charge in [-0.05, 0) is 31.5 Å². The molecule has 0 spiro atoms. The molecule has 0 aliphatic rings. The molecule has 0 aliphatic heterocycles. The highest BCUT2D eigenvalue weighted by Gasteiger charge is 2.38. The number of hydrogen-bond acceptors (Lipinski definition) is 2. The zero-order valence-corrected chi connectivity index (χ0v) is 13.7. The summed E-state index contributed by atoms with van der Waals surface area (Å²) in [5, 5.41) is 2.27. The first-order chi connectivity index (χ1) is 9.52. The molecule has 0 saturated heterocycles. The Morgan fingerprint density at radius 1 is 1.43 bits per heavy atom. The lowest BCUT2D eigenvalue weighted by molar-refractivity contribution is -0.137. The molecular formula is C13H14BrF3N2OS. The minimum absolute atomic E-state index is 0.0619. The highest BCUT2D eigenvalue weighted by atomic mass is 79.9. The zero-order valence-electron chi connectivity index (χ0n) is 11.3. The van der Waals surface area contributed by atoms with Crippen LogP contribution < -0.4 is 11.1 Å². The third-order valence-corrected chi connectivity index (χ3v) is 4.23. The van der Waals surface area contributed by atoms with Crippen molar-refractivity contribution in [2.45, 2.75) is 26.4 Å². The average molecular weight is 383 g/mol. The Kier molecular flexibility index (Phi) is 5.38. The summed E-state index contributed by atoms with van der Waals surface area (Å²) in [6.45, 7) is 3.18. The van der Waals surface area contributed by atoms with E-state index in [1.54, 1.807) is 6.92 Å². The van der Waals surface area contributed by atoms with Crippen LogP contribution in [0.5, 0.6) is 0 Å². The van der Waals surface area contributed by atoms with Gasteiger partial charge in [-0.2, -0.15) is 13.2 Å². The second kappa shape index (κ2) is 6.31. The Hall–Kier alpha value is -1.15. The van der Waals surface area contributed by atoms with E-state index in [9.17, 15) is 18.0 Å². The minimum atomic E-state index is -4.59. The topological polar surface area (TPSA) is 55.1 Å². The number of anilines is 1. The van der Waals surface area contributed by atoms with Gasteiger partial charge in [0.15, 0.2) is 0 Å². The Balaban J connectivity index is 3.20. The fourth-order valence-corrected chi connectivity index (χ4v) is 2.17. The molecule has 0 saturated carbocycles. The van der Waals surface area contributed by atoms with Gasteiger partial charge in [-0.25, -0.2) is 0 Å². The fraction of sp³-hybridized carbons (Fsp3) is 0.385. The summed E-state index contributed by atoms with van der Waals surface area (Å²) >= 11 is 7.81. The van der Waals surface area contributed by atoms with Crippen LogP contribution in [-0.4, -0.2) is 10.9 Å². The van der Waals surface area contributed by atoms with Crippen molar-refractivity contribution in [2.24, 2.45) is 11.1 Å². The van der Waals surface area contributed by atoms with Gasteiger partial charge in [0.2, 0.25) is 5.91 Å². The Bertz CT molecular complexity index is 577. The normalized spacial score (nSPS) is 14.4. The van der Waals surface area contributed by atoms with E-state index >= 15 is 0 Å². The Morgan fingerprint density at radius 2 is 2.00 bits per heavy atom. The summed E-state index contributed by atoms with van der Waals surface area (Å²) in [5.74, 6) is -0.662. The molecule has 1 rings (SSSR count). The van der Waals surface area contributed by atoms with Gasteiger partial charge in [0.05, 0.1) is 21.7 Å². The predicted molar refractivity (Wildman–Crippen MR) is 83.0 cm³/mol. The number of carbonyl (C=O) groups excluding carboxylic acids is 1. The van der Waals surface area contributed by atoms with Gasteiger partial charge in [0, 0.05) is 4.47 Å². The van der Waals surface area contributed by atoms with Crippen LogP contribution in [0.1, 0.15) is 25.8 Å². The number of benzene rings is 1. The standard InChI is InChI=1S/C13H14BrF3N2OS/c1-3-12(2,10(18)21)11(20)19-9-5-4-7(14)6-8(9)13(15,16)17/h4-6H,3H2,1-2H3,(H2,18,21)(H,19,20). The number of nitrogens with two attached hydrogens (primary N) is 1. The molecule has 0 aromatic heterocycles. The molecule has 1 aromatic rings. The molecule has 0 radical (unpaired) electrons. The highest BCUT2D eigenvalue weighted by molar-refractivity contribution is 9.10. The van der Waals surface area contributed by atoms with Crippen molar-refractivity contribution in [1.29, 1.82) is 0 Å². The molecule has 3 nitrogen and oxygen atoms in total. The SMILES string of the molecule is CCC(C)(C(=O)Nc1ccc(Br)cc1C(F)(F)F)C(N)=S. The summed E-state index contributed by atoms with van der Waals surface area (Å²) in [5.41, 5.74) is 3.06. The van der Waals surface area contributed by atoms with Crippen LogP contribution in [0.2, 0.25) is 0 Å². The maximum atomic E-state index is 13.0. The maximum absolute atomic E-state index is 13.0. The van der Waals surface area contributed by atoms with E-state index in [4.69, 9.17) is 18.0 Å². The van der Waals surface area contributed by atoms with E-state index in [1.165, 1.54) is 19.1 Å². The molecule has 1 aromatic carbocycles. The molecule has 0 bridgehead atoms. The molecule has 0 aliphatic carbocycles. The summed E-state index contributed by atoms with van der Waals surface area (Å²) in [6, 6.07) is 3.50. The molecule has 1 unspecified atom stereocenters. The van der Waals surface area contributed by atoms with Crippen LogP contribution in [0.15, 0.2) is 22.7 Å². The largest absolute Gasteiger partial charge is 0.418 e. The van der Waals surface area contributed by atoms with Crippen molar-refractivity contribution in [1.82, 2.24) is 0 Å². The number of halogens is 4. The number of nitrogens with one attached hydrogen (secondary N) is 1. The van der Waals surface area contributed by atoms with Gasteiger partial charge in [-0.15, -0.1) is 0 Å². The lowest BCUT2D eigenvalue weighted by Gasteiger charge is -2.26. The first-order valence-corrected chi connectivity index (χ1v) is 7.20. The summed E-state index contributed by atoms with van der Waals surface area (Å²) in [4.78, 5) is 12.2. The fourth-order valence-electron chi connectivity index (χ4n) is 1.57. The van der Waals surface area contributed by atoms with Crippen molar-refractivity contribution < 1.29 is 18.0 Å². The number of alkyl halides is 3. The monoisotopic (exact) mass is 382 g/mol. The maximum Gasteiger partial charge on any atom is 0.418 e. The average Bonchev–Trinajstić information content (AvgIpc) is 2.38. The van der Waals surface area contributed by atoms with Gasteiger partial charge in [0.25, 0.3) is 0 Å². The number of hydrogen-bond donors (Lipinski definition) is 2. The van der Waals surface area contributed by atoms with E-state index in [0.717, 1.165) is 6.07 Å². The van der Waals surface area contributed by atoms with Crippen molar-refractivity contribution in [3.05, 3.63) is 28.2 Å². The Labute approximate surface area is 134 Å². The highest BCUT2D eigenvalue weighted by Crippen LogP contribution is 2.37. The Morgan fingerprint density at radius 3 is 2.43 bits per heavy atom. The van der Waals surface area contributed by atoms with Crippen LogP contribution >= 0.6 is 28.1 Å². The third-order valence-electron chi connectivity index (χ3n) is 3.29. The summed E-state index contributed by atoms with van der Waals surface area (Å²) in [7, 11) is 0. The van der Waals surface area contributed by atoms with Crippen LogP contribution in [0.4, 0.5) is 18.9 Å². The summed E-state index contributed by atoms with van der Waals surface area (Å²) in [6.07, 6.45) is -4.30. The molecule has 3 N–H and O–H groups in total. The van der Waals surface area contributed by atoms with E-state index in [1.807, 2.05) is 0 Å². The summed E-state index contributed by atoms with van der Waals surface area (Å²) < 4.78 is 39.2. The smallest absolute Gasteiger partial charge is 0.392 e. The van der Waals surface area contributed by atoms with Crippen molar-refractivity contribution >= 4 is 44.7 Å². The van der Waals surface area contributed by atoms with E-state index < -0.39 is 23.1 Å². The number of carbonyl (C=O) groups is 1.